The van der Waals surface area contributed by atoms with Crippen molar-refractivity contribution in [1.29, 1.82) is 0 Å². The lowest BCUT2D eigenvalue weighted by atomic mass is 10.2. The van der Waals surface area contributed by atoms with Crippen molar-refractivity contribution in [1.82, 2.24) is 10.2 Å². The molecule has 0 saturated heterocycles. The van der Waals surface area contributed by atoms with E-state index < -0.39 is 17.6 Å². The number of alkyl halides is 3. The predicted molar refractivity (Wildman–Crippen MR) is 69.3 cm³/mol. The van der Waals surface area contributed by atoms with Crippen LogP contribution in [-0.4, -0.2) is 16.1 Å². The minimum atomic E-state index is -4.56. The van der Waals surface area contributed by atoms with Crippen LogP contribution in [0, 0.1) is 0 Å². The molecule has 4 nitrogen and oxygen atoms in total. The molecule has 0 saturated carbocycles. The highest BCUT2D eigenvalue weighted by molar-refractivity contribution is 7.17. The Hall–Kier alpha value is -1.38. The number of carbonyl (C=O) groups is 1. The molecule has 0 bridgehead atoms. The molecule has 0 radical (unpaired) electrons. The number of nitrogens with zero attached hydrogens (tertiary/aromatic N) is 2. The third kappa shape index (κ3) is 3.59. The minimum Gasteiger partial charge on any atom is -0.320 e. The van der Waals surface area contributed by atoms with Gasteiger partial charge in [0.15, 0.2) is 0 Å². The van der Waals surface area contributed by atoms with E-state index in [9.17, 15) is 18.0 Å². The van der Waals surface area contributed by atoms with Gasteiger partial charge in [-0.25, -0.2) is 0 Å². The third-order valence-electron chi connectivity index (χ3n) is 2.08. The van der Waals surface area contributed by atoms with Gasteiger partial charge >= 0.3 is 6.18 Å². The Morgan fingerprint density at radius 1 is 1.20 bits per heavy atom. The second-order valence-corrected chi connectivity index (χ2v) is 5.54. The number of carbonyl (C=O) groups excluding carboxylic acids is 1. The summed E-state index contributed by atoms with van der Waals surface area (Å²) in [6.45, 7) is 0. The summed E-state index contributed by atoms with van der Waals surface area (Å²) < 4.78 is 37.9. The summed E-state index contributed by atoms with van der Waals surface area (Å²) in [6.07, 6.45) is -4.56. The van der Waals surface area contributed by atoms with Gasteiger partial charge in [0, 0.05) is 10.7 Å². The zero-order valence-corrected chi connectivity index (χ0v) is 11.7. The van der Waals surface area contributed by atoms with Crippen molar-refractivity contribution in [2.75, 3.05) is 5.32 Å². The normalized spacial score (nSPS) is 11.4. The van der Waals surface area contributed by atoms with E-state index in [1.165, 1.54) is 6.07 Å². The van der Waals surface area contributed by atoms with Crippen molar-refractivity contribution in [3.05, 3.63) is 38.3 Å². The molecule has 1 aromatic carbocycles. The van der Waals surface area contributed by atoms with E-state index in [2.05, 4.69) is 15.5 Å². The molecule has 106 valence electrons. The van der Waals surface area contributed by atoms with Gasteiger partial charge in [0.1, 0.15) is 0 Å². The van der Waals surface area contributed by atoms with Crippen LogP contribution in [0.25, 0.3) is 0 Å². The van der Waals surface area contributed by atoms with Gasteiger partial charge in [-0.15, -0.1) is 10.2 Å². The number of amides is 1. The summed E-state index contributed by atoms with van der Waals surface area (Å²) in [6, 6.07) is 2.72. The number of hydrogen-bond acceptors (Lipinski definition) is 4. The van der Waals surface area contributed by atoms with Gasteiger partial charge in [-0.1, -0.05) is 22.9 Å². The van der Waals surface area contributed by atoms with Gasteiger partial charge in [0.25, 0.3) is 5.91 Å². The van der Waals surface area contributed by atoms with Crippen LogP contribution in [-0.2, 0) is 6.18 Å². The summed E-state index contributed by atoms with van der Waals surface area (Å²) >= 11 is 11.9. The smallest absolute Gasteiger partial charge is 0.320 e. The second-order valence-electron chi connectivity index (χ2n) is 3.54. The van der Waals surface area contributed by atoms with E-state index in [4.69, 9.17) is 23.2 Å². The van der Waals surface area contributed by atoms with Crippen LogP contribution in [0.2, 0.25) is 9.49 Å². The SMILES string of the molecule is O=C(Nc1cc(Cl)cc(C(F)(F)F)c1)c1nnc(Cl)s1. The molecule has 0 aliphatic carbocycles. The fourth-order valence-electron chi connectivity index (χ4n) is 1.31. The molecule has 2 rings (SSSR count). The molecule has 0 aliphatic rings. The summed E-state index contributed by atoms with van der Waals surface area (Å²) in [5.74, 6) is -0.718. The Bertz CT molecular complexity index is 659. The molecular formula is C10H4Cl2F3N3OS. The molecule has 0 aliphatic heterocycles. The number of benzene rings is 1. The first-order valence-electron chi connectivity index (χ1n) is 4.94. The van der Waals surface area contributed by atoms with Crippen LogP contribution < -0.4 is 5.32 Å². The summed E-state index contributed by atoms with van der Waals surface area (Å²) in [7, 11) is 0. The molecule has 0 fully saturated rings. The highest BCUT2D eigenvalue weighted by Crippen LogP contribution is 2.33. The fourth-order valence-corrected chi connectivity index (χ4v) is 2.27. The van der Waals surface area contributed by atoms with Crippen molar-refractivity contribution in [3.8, 4) is 0 Å². The second kappa shape index (κ2) is 5.55. The largest absolute Gasteiger partial charge is 0.416 e. The van der Waals surface area contributed by atoms with E-state index >= 15 is 0 Å². The first-order chi connectivity index (χ1) is 9.25. The van der Waals surface area contributed by atoms with Crippen LogP contribution in [0.1, 0.15) is 15.4 Å². The Morgan fingerprint density at radius 2 is 1.90 bits per heavy atom. The maximum absolute atomic E-state index is 12.6. The van der Waals surface area contributed by atoms with Gasteiger partial charge < -0.3 is 5.32 Å². The Labute approximate surface area is 124 Å². The van der Waals surface area contributed by atoms with Crippen molar-refractivity contribution in [2.45, 2.75) is 6.18 Å². The van der Waals surface area contributed by atoms with Crippen molar-refractivity contribution < 1.29 is 18.0 Å². The summed E-state index contributed by atoms with van der Waals surface area (Å²) in [5, 5.41) is 8.93. The van der Waals surface area contributed by atoms with Gasteiger partial charge in [0.05, 0.1) is 5.56 Å². The highest BCUT2D eigenvalue weighted by atomic mass is 35.5. The molecule has 0 atom stereocenters. The number of nitrogens with one attached hydrogen (secondary N) is 1. The Kier molecular flexibility index (Phi) is 4.17. The topological polar surface area (TPSA) is 54.9 Å². The molecule has 0 unspecified atom stereocenters. The molecule has 1 aromatic heterocycles. The van der Waals surface area contributed by atoms with Crippen LogP contribution in [0.3, 0.4) is 0 Å². The first-order valence-corrected chi connectivity index (χ1v) is 6.51. The van der Waals surface area contributed by atoms with E-state index in [1.54, 1.807) is 0 Å². The number of hydrogen-bond donors (Lipinski definition) is 1. The maximum Gasteiger partial charge on any atom is 0.416 e. The van der Waals surface area contributed by atoms with Gasteiger partial charge in [-0.3, -0.25) is 4.79 Å². The van der Waals surface area contributed by atoms with Crippen LogP contribution in [0.15, 0.2) is 18.2 Å². The third-order valence-corrected chi connectivity index (χ3v) is 3.31. The van der Waals surface area contributed by atoms with Gasteiger partial charge in [-0.05, 0) is 29.8 Å². The molecule has 1 amide bonds. The van der Waals surface area contributed by atoms with E-state index in [0.29, 0.717) is 0 Å². The molecule has 2 aromatic rings. The lowest BCUT2D eigenvalue weighted by Crippen LogP contribution is -2.13. The quantitative estimate of drug-likeness (QED) is 0.893. The number of rotatable bonds is 2. The number of halogens is 5. The zero-order valence-electron chi connectivity index (χ0n) is 9.33. The lowest BCUT2D eigenvalue weighted by molar-refractivity contribution is -0.137. The molecule has 1 heterocycles. The minimum absolute atomic E-state index is 0.0530. The standard InChI is InChI=1S/C10H4Cl2F3N3OS/c11-5-1-4(10(13,14)15)2-6(3-5)16-7(19)8-17-18-9(12)20-8/h1-3H,(H,16,19). The van der Waals surface area contributed by atoms with Crippen molar-refractivity contribution >= 4 is 46.1 Å². The first kappa shape index (κ1) is 15.0. The van der Waals surface area contributed by atoms with Crippen molar-refractivity contribution in [3.63, 3.8) is 0 Å². The maximum atomic E-state index is 12.6. The highest BCUT2D eigenvalue weighted by Gasteiger charge is 2.31. The predicted octanol–water partition coefficient (Wildman–Crippen LogP) is 4.12. The fraction of sp³-hybridized carbons (Fsp3) is 0.100. The van der Waals surface area contributed by atoms with E-state index in [1.807, 2.05) is 0 Å². The monoisotopic (exact) mass is 341 g/mol. The van der Waals surface area contributed by atoms with Crippen LogP contribution in [0.4, 0.5) is 18.9 Å². The van der Waals surface area contributed by atoms with Gasteiger partial charge in [0.2, 0.25) is 9.47 Å². The average Bonchev–Trinajstić information content (AvgIpc) is 2.74. The Morgan fingerprint density at radius 3 is 2.45 bits per heavy atom. The lowest BCUT2D eigenvalue weighted by Gasteiger charge is -2.10. The van der Waals surface area contributed by atoms with Crippen LogP contribution in [0.5, 0.6) is 0 Å². The van der Waals surface area contributed by atoms with Gasteiger partial charge in [-0.2, -0.15) is 13.2 Å². The molecule has 10 heteroatoms. The van der Waals surface area contributed by atoms with E-state index in [0.717, 1.165) is 23.5 Å². The number of aromatic nitrogens is 2. The molecule has 0 spiro atoms. The molecule has 1 N–H and O–H groups in total. The van der Waals surface area contributed by atoms with Crippen LogP contribution >= 0.6 is 34.5 Å². The number of anilines is 1. The van der Waals surface area contributed by atoms with E-state index in [-0.39, 0.29) is 20.2 Å². The molecular weight excluding hydrogens is 338 g/mol. The summed E-state index contributed by atoms with van der Waals surface area (Å²) in [5.41, 5.74) is -1.06. The molecule has 20 heavy (non-hydrogen) atoms. The summed E-state index contributed by atoms with van der Waals surface area (Å²) in [4.78, 5) is 11.7. The Balaban J connectivity index is 2.25. The van der Waals surface area contributed by atoms with Crippen molar-refractivity contribution in [2.24, 2.45) is 0 Å². The average molecular weight is 342 g/mol. The zero-order chi connectivity index (χ0) is 14.9.